The minimum absolute atomic E-state index is 0.0320. The fourth-order valence-corrected chi connectivity index (χ4v) is 2.96. The van der Waals surface area contributed by atoms with Crippen molar-refractivity contribution < 1.29 is 9.53 Å². The molecule has 0 aliphatic carbocycles. The van der Waals surface area contributed by atoms with E-state index in [2.05, 4.69) is 25.8 Å². The van der Waals surface area contributed by atoms with E-state index in [4.69, 9.17) is 4.74 Å². The lowest BCUT2D eigenvalue weighted by Crippen LogP contribution is -2.26. The molecule has 5 nitrogen and oxygen atoms in total. The number of hydrogen-bond acceptors (Lipinski definition) is 4. The number of aromatic nitrogens is 2. The van der Waals surface area contributed by atoms with Gasteiger partial charge in [-0.15, -0.1) is 0 Å². The molecule has 0 spiro atoms. The van der Waals surface area contributed by atoms with Crippen molar-refractivity contribution in [2.75, 3.05) is 6.61 Å². The normalized spacial score (nSPS) is 11.6. The smallest absolute Gasteiger partial charge is 0.338 e. The summed E-state index contributed by atoms with van der Waals surface area (Å²) < 4.78 is 6.89. The molecule has 0 bridgehead atoms. The average Bonchev–Trinajstić information content (AvgIpc) is 2.63. The Morgan fingerprint density at radius 1 is 1.07 bits per heavy atom. The van der Waals surface area contributed by atoms with E-state index >= 15 is 0 Å². The van der Waals surface area contributed by atoms with Crippen molar-refractivity contribution in [2.45, 2.75) is 39.7 Å². The van der Waals surface area contributed by atoms with Gasteiger partial charge in [-0.05, 0) is 42.2 Å². The van der Waals surface area contributed by atoms with Gasteiger partial charge in [-0.3, -0.25) is 9.36 Å². The Labute approximate surface area is 158 Å². The molecule has 0 unspecified atom stereocenters. The fourth-order valence-electron chi connectivity index (χ4n) is 2.96. The lowest BCUT2D eigenvalue weighted by atomic mass is 9.87. The van der Waals surface area contributed by atoms with E-state index in [0.717, 1.165) is 5.56 Å². The molecule has 0 saturated heterocycles. The molecule has 0 aliphatic heterocycles. The third-order valence-electron chi connectivity index (χ3n) is 4.59. The molecule has 0 N–H and O–H groups in total. The van der Waals surface area contributed by atoms with Crippen LogP contribution < -0.4 is 5.56 Å². The number of rotatable bonds is 4. The maximum Gasteiger partial charge on any atom is 0.338 e. The highest BCUT2D eigenvalue weighted by atomic mass is 16.5. The van der Waals surface area contributed by atoms with Gasteiger partial charge in [0.15, 0.2) is 0 Å². The summed E-state index contributed by atoms with van der Waals surface area (Å²) >= 11 is 0. The van der Waals surface area contributed by atoms with Crippen LogP contribution in [0.4, 0.5) is 0 Å². The molecule has 1 heterocycles. The zero-order valence-electron chi connectivity index (χ0n) is 16.2. The topological polar surface area (TPSA) is 61.2 Å². The SMILES string of the molecule is Cc1nc2ccccc2c(=O)n1CCOC(=O)c1ccc(C(C)(C)C)cc1. The summed E-state index contributed by atoms with van der Waals surface area (Å²) in [4.78, 5) is 29.3. The van der Waals surface area contributed by atoms with Gasteiger partial charge in [-0.2, -0.15) is 0 Å². The van der Waals surface area contributed by atoms with Crippen LogP contribution in [-0.4, -0.2) is 22.1 Å². The summed E-state index contributed by atoms with van der Waals surface area (Å²) in [6.07, 6.45) is 0. The van der Waals surface area contributed by atoms with E-state index in [0.29, 0.717) is 22.3 Å². The van der Waals surface area contributed by atoms with Gasteiger partial charge in [0.1, 0.15) is 12.4 Å². The van der Waals surface area contributed by atoms with E-state index in [1.807, 2.05) is 30.3 Å². The second-order valence-corrected chi connectivity index (χ2v) is 7.60. The molecule has 0 radical (unpaired) electrons. The van der Waals surface area contributed by atoms with E-state index in [-0.39, 0.29) is 24.1 Å². The summed E-state index contributed by atoms with van der Waals surface area (Å²) in [6, 6.07) is 14.7. The first-order valence-electron chi connectivity index (χ1n) is 9.01. The van der Waals surface area contributed by atoms with Crippen LogP contribution in [0.2, 0.25) is 0 Å². The number of para-hydroxylation sites is 1. The molecule has 1 aromatic heterocycles. The Morgan fingerprint density at radius 2 is 1.74 bits per heavy atom. The van der Waals surface area contributed by atoms with Crippen LogP contribution in [0.1, 0.15) is 42.5 Å². The molecule has 2 aromatic carbocycles. The number of esters is 1. The van der Waals surface area contributed by atoms with Gasteiger partial charge in [0.05, 0.1) is 23.0 Å². The van der Waals surface area contributed by atoms with Gasteiger partial charge in [-0.1, -0.05) is 45.0 Å². The van der Waals surface area contributed by atoms with Crippen molar-refractivity contribution >= 4 is 16.9 Å². The molecule has 3 rings (SSSR count). The Morgan fingerprint density at radius 3 is 2.41 bits per heavy atom. The Hall–Kier alpha value is -2.95. The lowest BCUT2D eigenvalue weighted by Gasteiger charge is -2.19. The quantitative estimate of drug-likeness (QED) is 0.660. The second kappa shape index (κ2) is 7.35. The number of hydrogen-bond donors (Lipinski definition) is 0. The number of carbonyl (C=O) groups excluding carboxylic acids is 1. The number of carbonyl (C=O) groups is 1. The summed E-state index contributed by atoms with van der Waals surface area (Å²) in [5.74, 6) is 0.208. The van der Waals surface area contributed by atoms with Crippen LogP contribution in [0.3, 0.4) is 0 Å². The van der Waals surface area contributed by atoms with Gasteiger partial charge in [0.2, 0.25) is 0 Å². The molecular formula is C22H24N2O3. The number of aryl methyl sites for hydroxylation is 1. The third kappa shape index (κ3) is 4.08. The van der Waals surface area contributed by atoms with Crippen molar-refractivity contribution in [1.29, 1.82) is 0 Å². The van der Waals surface area contributed by atoms with E-state index < -0.39 is 5.97 Å². The van der Waals surface area contributed by atoms with Crippen molar-refractivity contribution in [3.8, 4) is 0 Å². The van der Waals surface area contributed by atoms with E-state index in [9.17, 15) is 9.59 Å². The van der Waals surface area contributed by atoms with Crippen molar-refractivity contribution in [2.24, 2.45) is 0 Å². The Kier molecular flexibility index (Phi) is 5.13. The van der Waals surface area contributed by atoms with E-state index in [1.165, 1.54) is 4.57 Å². The molecular weight excluding hydrogens is 340 g/mol. The summed E-state index contributed by atoms with van der Waals surface area (Å²) in [5.41, 5.74) is 2.24. The summed E-state index contributed by atoms with van der Waals surface area (Å²) in [5, 5.41) is 0.562. The first kappa shape index (κ1) is 18.8. The predicted octanol–water partition coefficient (Wildman–Crippen LogP) is 3.86. The standard InChI is InChI=1S/C22H24N2O3/c1-15-23-19-8-6-5-7-18(19)20(25)24(15)13-14-27-21(26)16-9-11-17(12-10-16)22(2,3)4/h5-12H,13-14H2,1-4H3. The lowest BCUT2D eigenvalue weighted by molar-refractivity contribution is 0.0489. The highest BCUT2D eigenvalue weighted by Gasteiger charge is 2.15. The van der Waals surface area contributed by atoms with Crippen LogP contribution in [0.25, 0.3) is 10.9 Å². The van der Waals surface area contributed by atoms with Crippen LogP contribution in [-0.2, 0) is 16.7 Å². The van der Waals surface area contributed by atoms with Crippen LogP contribution >= 0.6 is 0 Å². The number of benzene rings is 2. The van der Waals surface area contributed by atoms with Crippen molar-refractivity contribution in [3.05, 3.63) is 75.8 Å². The Balaban J connectivity index is 1.69. The first-order chi connectivity index (χ1) is 12.8. The molecule has 0 saturated carbocycles. The van der Waals surface area contributed by atoms with Crippen LogP contribution in [0.5, 0.6) is 0 Å². The van der Waals surface area contributed by atoms with E-state index in [1.54, 1.807) is 25.1 Å². The van der Waals surface area contributed by atoms with Gasteiger partial charge < -0.3 is 4.74 Å². The minimum atomic E-state index is -0.394. The van der Waals surface area contributed by atoms with Crippen LogP contribution in [0, 0.1) is 6.92 Å². The fraction of sp³-hybridized carbons (Fsp3) is 0.318. The van der Waals surface area contributed by atoms with Crippen LogP contribution in [0.15, 0.2) is 53.3 Å². The van der Waals surface area contributed by atoms with Gasteiger partial charge in [0.25, 0.3) is 5.56 Å². The number of nitrogens with zero attached hydrogens (tertiary/aromatic N) is 2. The minimum Gasteiger partial charge on any atom is -0.460 e. The highest BCUT2D eigenvalue weighted by Crippen LogP contribution is 2.22. The van der Waals surface area contributed by atoms with Crippen molar-refractivity contribution in [1.82, 2.24) is 9.55 Å². The molecule has 27 heavy (non-hydrogen) atoms. The number of ether oxygens (including phenoxy) is 1. The van der Waals surface area contributed by atoms with Crippen molar-refractivity contribution in [3.63, 3.8) is 0 Å². The second-order valence-electron chi connectivity index (χ2n) is 7.60. The maximum absolute atomic E-state index is 12.6. The summed E-state index contributed by atoms with van der Waals surface area (Å²) in [7, 11) is 0. The number of fused-ring (bicyclic) bond motifs is 1. The zero-order valence-corrected chi connectivity index (χ0v) is 16.2. The average molecular weight is 364 g/mol. The molecule has 140 valence electrons. The molecule has 0 aliphatic rings. The molecule has 0 fully saturated rings. The molecule has 0 amide bonds. The van der Waals surface area contributed by atoms with Gasteiger partial charge in [0, 0.05) is 0 Å². The maximum atomic E-state index is 12.6. The third-order valence-corrected chi connectivity index (χ3v) is 4.59. The summed E-state index contributed by atoms with van der Waals surface area (Å²) in [6.45, 7) is 8.53. The Bertz CT molecular complexity index is 1030. The highest BCUT2D eigenvalue weighted by molar-refractivity contribution is 5.89. The van der Waals surface area contributed by atoms with Gasteiger partial charge >= 0.3 is 5.97 Å². The first-order valence-corrected chi connectivity index (χ1v) is 9.01. The molecule has 0 atom stereocenters. The largest absolute Gasteiger partial charge is 0.460 e. The molecule has 3 aromatic rings. The molecule has 5 heteroatoms. The monoisotopic (exact) mass is 364 g/mol. The van der Waals surface area contributed by atoms with Gasteiger partial charge in [-0.25, -0.2) is 9.78 Å². The predicted molar refractivity (Wildman–Crippen MR) is 106 cm³/mol. The zero-order chi connectivity index (χ0) is 19.6.